The third-order valence-electron chi connectivity index (χ3n) is 4.19. The Morgan fingerprint density at radius 2 is 1.73 bits per heavy atom. The van der Waals surface area contributed by atoms with Gasteiger partial charge >= 0.3 is 5.91 Å². The van der Waals surface area contributed by atoms with Crippen LogP contribution in [-0.2, 0) is 0 Å². The molecule has 0 atom stereocenters. The predicted octanol–water partition coefficient (Wildman–Crippen LogP) is 4.17. The molecule has 0 unspecified atom stereocenters. The first-order chi connectivity index (χ1) is 14.6. The van der Waals surface area contributed by atoms with E-state index in [1.54, 1.807) is 16.8 Å². The van der Waals surface area contributed by atoms with Crippen LogP contribution in [0, 0.1) is 0 Å². The molecule has 0 fully saturated rings. The summed E-state index contributed by atoms with van der Waals surface area (Å²) in [5, 5.41) is 17.9. The largest absolute Gasteiger partial charge is 0.507 e. The van der Waals surface area contributed by atoms with Gasteiger partial charge in [0.05, 0.1) is 16.4 Å². The fourth-order valence-electron chi connectivity index (χ4n) is 2.75. The van der Waals surface area contributed by atoms with Crippen LogP contribution >= 0.6 is 15.9 Å². The molecule has 1 heterocycles. The number of nitrogens with one attached hydrogen (secondary N) is 1. The minimum atomic E-state index is -0.532. The second kappa shape index (κ2) is 8.71. The van der Waals surface area contributed by atoms with Gasteiger partial charge in [0.2, 0.25) is 5.82 Å². The van der Waals surface area contributed by atoms with E-state index in [9.17, 15) is 9.90 Å². The minimum Gasteiger partial charge on any atom is -0.507 e. The summed E-state index contributed by atoms with van der Waals surface area (Å²) in [6, 6.07) is 23.9. The number of rotatable bonds is 5. The SMILES string of the molecule is O=C(N/N=C\c1ccc(O)c(Br)c1)c1nc(-c2ccccc2)n(-c2ccccc2)n1. The molecule has 148 valence electrons. The van der Waals surface area contributed by atoms with Gasteiger partial charge in [0.15, 0.2) is 5.82 Å². The summed E-state index contributed by atoms with van der Waals surface area (Å²) in [6.07, 6.45) is 1.47. The number of para-hydroxylation sites is 1. The Balaban J connectivity index is 1.60. The molecule has 7 nitrogen and oxygen atoms in total. The Labute approximate surface area is 180 Å². The number of hydrazone groups is 1. The smallest absolute Gasteiger partial charge is 0.311 e. The van der Waals surface area contributed by atoms with Gasteiger partial charge in [-0.05, 0) is 51.8 Å². The van der Waals surface area contributed by atoms with Crippen LogP contribution in [0.2, 0.25) is 0 Å². The predicted molar refractivity (Wildman–Crippen MR) is 118 cm³/mol. The van der Waals surface area contributed by atoms with Gasteiger partial charge in [0, 0.05) is 5.56 Å². The summed E-state index contributed by atoms with van der Waals surface area (Å²) in [5.74, 6) is 0.149. The lowest BCUT2D eigenvalue weighted by molar-refractivity contribution is 0.0945. The zero-order valence-electron chi connectivity index (χ0n) is 15.6. The molecule has 30 heavy (non-hydrogen) atoms. The monoisotopic (exact) mass is 461 g/mol. The lowest BCUT2D eigenvalue weighted by Gasteiger charge is -2.05. The number of aromatic hydroxyl groups is 1. The third kappa shape index (κ3) is 4.28. The molecule has 0 saturated heterocycles. The van der Waals surface area contributed by atoms with Crippen LogP contribution in [0.25, 0.3) is 17.1 Å². The van der Waals surface area contributed by atoms with E-state index >= 15 is 0 Å². The van der Waals surface area contributed by atoms with Gasteiger partial charge in [-0.3, -0.25) is 4.79 Å². The molecule has 1 aromatic heterocycles. The highest BCUT2D eigenvalue weighted by atomic mass is 79.9. The Morgan fingerprint density at radius 1 is 1.03 bits per heavy atom. The first-order valence-corrected chi connectivity index (χ1v) is 9.81. The molecule has 0 radical (unpaired) electrons. The molecule has 0 bridgehead atoms. The van der Waals surface area contributed by atoms with Crippen LogP contribution < -0.4 is 5.43 Å². The zero-order valence-corrected chi connectivity index (χ0v) is 17.2. The summed E-state index contributed by atoms with van der Waals surface area (Å²) >= 11 is 3.24. The van der Waals surface area contributed by atoms with Crippen LogP contribution in [0.4, 0.5) is 0 Å². The van der Waals surface area contributed by atoms with Gasteiger partial charge in [-0.25, -0.2) is 15.1 Å². The molecule has 8 heteroatoms. The van der Waals surface area contributed by atoms with Gasteiger partial charge in [0.1, 0.15) is 5.75 Å². The first kappa shape index (κ1) is 19.5. The summed E-state index contributed by atoms with van der Waals surface area (Å²) in [7, 11) is 0. The maximum absolute atomic E-state index is 12.6. The van der Waals surface area contributed by atoms with Crippen LogP contribution in [0.1, 0.15) is 16.2 Å². The van der Waals surface area contributed by atoms with Crippen molar-refractivity contribution in [2.45, 2.75) is 0 Å². The zero-order chi connectivity index (χ0) is 20.9. The maximum atomic E-state index is 12.6. The number of nitrogens with zero attached hydrogens (tertiary/aromatic N) is 4. The molecule has 3 aromatic carbocycles. The standard InChI is InChI=1S/C22H16BrN5O2/c23-18-13-15(11-12-19(18)29)14-24-26-22(30)20-25-21(16-7-3-1-4-8-16)28(27-20)17-9-5-2-6-10-17/h1-14,29H,(H,26,30)/b24-14-. The maximum Gasteiger partial charge on any atom is 0.311 e. The van der Waals surface area contributed by atoms with Crippen molar-refractivity contribution in [2.75, 3.05) is 0 Å². The van der Waals surface area contributed by atoms with Crippen LogP contribution in [0.5, 0.6) is 5.75 Å². The number of aromatic nitrogens is 3. The molecular weight excluding hydrogens is 446 g/mol. The number of phenolic OH excluding ortho intramolecular Hbond substituents is 1. The minimum absolute atomic E-state index is 0.00161. The summed E-state index contributed by atoms with van der Waals surface area (Å²) in [4.78, 5) is 17.0. The normalized spacial score (nSPS) is 11.0. The number of benzene rings is 3. The number of carbonyl (C=O) groups is 1. The van der Waals surface area contributed by atoms with E-state index in [2.05, 4.69) is 36.5 Å². The fourth-order valence-corrected chi connectivity index (χ4v) is 3.15. The molecule has 1 amide bonds. The van der Waals surface area contributed by atoms with Crippen LogP contribution in [0.15, 0.2) is 88.4 Å². The highest BCUT2D eigenvalue weighted by Gasteiger charge is 2.18. The van der Waals surface area contributed by atoms with Gasteiger partial charge in [-0.2, -0.15) is 5.10 Å². The van der Waals surface area contributed by atoms with Crippen LogP contribution in [0.3, 0.4) is 0 Å². The number of hydrogen-bond acceptors (Lipinski definition) is 5. The average molecular weight is 462 g/mol. The Morgan fingerprint density at radius 3 is 2.43 bits per heavy atom. The lowest BCUT2D eigenvalue weighted by atomic mass is 10.2. The van der Waals surface area contributed by atoms with Crippen molar-refractivity contribution in [3.63, 3.8) is 0 Å². The highest BCUT2D eigenvalue weighted by Crippen LogP contribution is 2.23. The lowest BCUT2D eigenvalue weighted by Crippen LogP contribution is -2.19. The molecule has 0 aliphatic carbocycles. The van der Waals surface area contributed by atoms with E-state index in [0.29, 0.717) is 15.9 Å². The number of phenols is 1. The molecule has 0 aliphatic heterocycles. The molecule has 2 N–H and O–H groups in total. The highest BCUT2D eigenvalue weighted by molar-refractivity contribution is 9.10. The van der Waals surface area contributed by atoms with Gasteiger partial charge < -0.3 is 5.11 Å². The molecular formula is C22H16BrN5O2. The van der Waals surface area contributed by atoms with E-state index < -0.39 is 5.91 Å². The van der Waals surface area contributed by atoms with Crippen LogP contribution in [-0.4, -0.2) is 32.0 Å². The summed E-state index contributed by atoms with van der Waals surface area (Å²) < 4.78 is 2.17. The Kier molecular flexibility index (Phi) is 5.67. The van der Waals surface area contributed by atoms with Crippen molar-refractivity contribution >= 4 is 28.1 Å². The van der Waals surface area contributed by atoms with Crippen molar-refractivity contribution in [1.82, 2.24) is 20.2 Å². The summed E-state index contributed by atoms with van der Waals surface area (Å²) in [5.41, 5.74) is 4.77. The van der Waals surface area contributed by atoms with Crippen molar-refractivity contribution in [1.29, 1.82) is 0 Å². The van der Waals surface area contributed by atoms with E-state index in [1.807, 2.05) is 60.7 Å². The third-order valence-corrected chi connectivity index (χ3v) is 4.83. The van der Waals surface area contributed by atoms with Crippen molar-refractivity contribution in [3.8, 4) is 22.8 Å². The quantitative estimate of drug-likeness (QED) is 0.344. The van der Waals surface area contributed by atoms with E-state index in [4.69, 9.17) is 0 Å². The Hall–Kier alpha value is -3.78. The second-order valence-electron chi connectivity index (χ2n) is 6.28. The Bertz CT molecular complexity index is 1150. The van der Waals surface area contributed by atoms with E-state index in [-0.39, 0.29) is 11.6 Å². The second-order valence-corrected chi connectivity index (χ2v) is 7.14. The summed E-state index contributed by atoms with van der Waals surface area (Å²) in [6.45, 7) is 0. The van der Waals surface area contributed by atoms with E-state index in [1.165, 1.54) is 12.3 Å². The fraction of sp³-hybridized carbons (Fsp3) is 0. The number of halogens is 1. The topological polar surface area (TPSA) is 92.4 Å². The average Bonchev–Trinajstić information content (AvgIpc) is 3.23. The number of carbonyl (C=O) groups excluding carboxylic acids is 1. The molecule has 4 aromatic rings. The van der Waals surface area contributed by atoms with E-state index in [0.717, 1.165) is 11.3 Å². The van der Waals surface area contributed by atoms with Crippen molar-refractivity contribution in [2.24, 2.45) is 5.10 Å². The molecule has 0 spiro atoms. The number of amides is 1. The molecule has 4 rings (SSSR count). The van der Waals surface area contributed by atoms with Crippen molar-refractivity contribution < 1.29 is 9.90 Å². The van der Waals surface area contributed by atoms with Crippen molar-refractivity contribution in [3.05, 3.63) is 94.7 Å². The molecule has 0 saturated carbocycles. The van der Waals surface area contributed by atoms with Gasteiger partial charge in [0.25, 0.3) is 0 Å². The van der Waals surface area contributed by atoms with Gasteiger partial charge in [-0.15, -0.1) is 5.10 Å². The van der Waals surface area contributed by atoms with Gasteiger partial charge in [-0.1, -0.05) is 48.5 Å². The molecule has 0 aliphatic rings. The first-order valence-electron chi connectivity index (χ1n) is 9.01. The number of hydrogen-bond donors (Lipinski definition) is 2.